The van der Waals surface area contributed by atoms with Gasteiger partial charge in [0.05, 0.1) is 27.6 Å². The van der Waals surface area contributed by atoms with Crippen molar-refractivity contribution >= 4 is 63.8 Å². The Kier molecular flexibility index (Phi) is 9.83. The van der Waals surface area contributed by atoms with E-state index < -0.39 is 5.97 Å². The largest absolute Gasteiger partial charge is 0.478 e. The number of hydrogen-bond acceptors (Lipinski definition) is 7. The number of amides is 1. The van der Waals surface area contributed by atoms with Crippen LogP contribution in [0.15, 0.2) is 56.1 Å². The second-order valence-electron chi connectivity index (χ2n) is 5.96. The van der Waals surface area contributed by atoms with E-state index in [1.807, 2.05) is 30.9 Å². The molecule has 0 aliphatic carbocycles. The molecule has 0 atom stereocenters. The Hall–Kier alpha value is -2.75. The molecule has 1 amide bonds. The number of furan rings is 1. The molecule has 0 saturated carbocycles. The van der Waals surface area contributed by atoms with Crippen LogP contribution in [0.3, 0.4) is 0 Å². The van der Waals surface area contributed by atoms with Crippen molar-refractivity contribution in [1.29, 1.82) is 5.41 Å². The van der Waals surface area contributed by atoms with Gasteiger partial charge in [0, 0.05) is 18.7 Å². The lowest BCUT2D eigenvalue weighted by Gasteiger charge is -2.03. The van der Waals surface area contributed by atoms with Crippen LogP contribution in [0.25, 0.3) is 17.4 Å². The summed E-state index contributed by atoms with van der Waals surface area (Å²) in [5.41, 5.74) is 2.40. The molecule has 1 fully saturated rings. The Morgan fingerprint density at radius 3 is 2.56 bits per heavy atom. The summed E-state index contributed by atoms with van der Waals surface area (Å²) in [5, 5.41) is 19.1. The maximum Gasteiger partial charge on any atom is 0.337 e. The molecule has 0 radical (unpaired) electrons. The molecule has 10 heteroatoms. The number of nitrogens with one attached hydrogen (secondary N) is 1. The Bertz CT molecular complexity index is 1070. The highest BCUT2D eigenvalue weighted by Gasteiger charge is 2.29. The number of aliphatic imine (C=N–C) groups is 1. The normalized spacial score (nSPS) is 15.9. The van der Waals surface area contributed by atoms with Gasteiger partial charge in [-0.3, -0.25) is 20.1 Å². The van der Waals surface area contributed by atoms with E-state index in [-0.39, 0.29) is 21.7 Å². The van der Waals surface area contributed by atoms with Gasteiger partial charge < -0.3 is 9.52 Å². The number of carboxylic acids is 1. The summed E-state index contributed by atoms with van der Waals surface area (Å²) in [4.78, 5) is 28.6. The molecule has 1 aromatic heterocycles. The first-order valence-electron chi connectivity index (χ1n) is 9.55. The van der Waals surface area contributed by atoms with Crippen molar-refractivity contribution in [3.8, 4) is 11.3 Å². The van der Waals surface area contributed by atoms with Gasteiger partial charge in [-0.25, -0.2) is 4.79 Å². The smallest absolute Gasteiger partial charge is 0.337 e. The third-order valence-corrected chi connectivity index (χ3v) is 5.86. The van der Waals surface area contributed by atoms with Crippen LogP contribution in [-0.4, -0.2) is 46.2 Å². The number of carbonyl (C=O) groups is 2. The summed E-state index contributed by atoms with van der Waals surface area (Å²) in [6.45, 7) is 4.87. The van der Waals surface area contributed by atoms with E-state index in [1.165, 1.54) is 24.1 Å². The second kappa shape index (κ2) is 12.3. The van der Waals surface area contributed by atoms with Crippen LogP contribution < -0.4 is 0 Å². The highest BCUT2D eigenvalue weighted by Crippen LogP contribution is 2.32. The maximum atomic E-state index is 11.9. The SMILES string of the molecule is C1=CSC=NC1.CC.CN1C(=N)S/C(=C\c2ccc(-c3ccc(Cl)c(C(=O)O)c3)o2)C1=O. The molecular weight excluding hydrogens is 470 g/mol. The topological polar surface area (TPSA) is 107 Å². The van der Waals surface area contributed by atoms with Crippen LogP contribution in [0.5, 0.6) is 0 Å². The van der Waals surface area contributed by atoms with Crippen LogP contribution >= 0.6 is 35.1 Å². The standard InChI is InChI=1S/C16H11ClN2O4S.C4H5NS.C2H6/c1-19-14(20)13(24-16(19)18)7-9-3-5-12(23-9)8-2-4-11(17)10(6-8)15(21)22;1-2-5-4-6-3-1;1-2/h2-7,18H,1H3,(H,21,22);1,3-4H,2H2;1-2H3/b13-7-,18-16?;;. The van der Waals surface area contributed by atoms with Gasteiger partial charge in [-0.2, -0.15) is 0 Å². The first kappa shape index (κ1) is 25.5. The van der Waals surface area contributed by atoms with Crippen molar-refractivity contribution in [2.45, 2.75) is 13.8 Å². The number of halogens is 1. The molecule has 0 spiro atoms. The zero-order valence-corrected chi connectivity index (χ0v) is 20.1. The Morgan fingerprint density at radius 1 is 1.31 bits per heavy atom. The van der Waals surface area contributed by atoms with Gasteiger partial charge in [-0.1, -0.05) is 43.3 Å². The van der Waals surface area contributed by atoms with Gasteiger partial charge in [0.1, 0.15) is 11.5 Å². The van der Waals surface area contributed by atoms with Crippen molar-refractivity contribution in [2.24, 2.45) is 4.99 Å². The summed E-state index contributed by atoms with van der Waals surface area (Å²) in [6.07, 6.45) is 3.59. The molecule has 2 aromatic rings. The number of benzene rings is 1. The fraction of sp³-hybridized carbons (Fsp3) is 0.182. The number of aromatic carboxylic acids is 1. The zero-order chi connectivity index (χ0) is 23.7. The lowest BCUT2D eigenvalue weighted by Crippen LogP contribution is -2.22. The lowest BCUT2D eigenvalue weighted by molar-refractivity contribution is -0.121. The summed E-state index contributed by atoms with van der Waals surface area (Å²) in [6, 6.07) is 7.93. The number of carboxylic acid groups (broad SMARTS) is 1. The maximum absolute atomic E-state index is 11.9. The molecule has 168 valence electrons. The molecule has 4 rings (SSSR count). The fourth-order valence-corrected chi connectivity index (χ4v) is 3.87. The average molecular weight is 492 g/mol. The van der Waals surface area contributed by atoms with Crippen LogP contribution in [0, 0.1) is 5.41 Å². The van der Waals surface area contributed by atoms with Crippen molar-refractivity contribution in [3.63, 3.8) is 0 Å². The average Bonchev–Trinajstić information content (AvgIpc) is 3.37. The minimum absolute atomic E-state index is 0.0120. The number of amidine groups is 1. The van der Waals surface area contributed by atoms with Crippen molar-refractivity contribution < 1.29 is 19.1 Å². The third kappa shape index (κ3) is 6.62. The first-order valence-corrected chi connectivity index (χ1v) is 11.7. The first-order chi connectivity index (χ1) is 15.4. The summed E-state index contributed by atoms with van der Waals surface area (Å²) >= 11 is 8.53. The Labute approximate surface area is 199 Å². The quantitative estimate of drug-likeness (QED) is 0.504. The molecular formula is C22H22ClN3O4S2. The summed E-state index contributed by atoms with van der Waals surface area (Å²) in [7, 11) is 1.53. The van der Waals surface area contributed by atoms with Crippen molar-refractivity contribution in [2.75, 3.05) is 13.6 Å². The van der Waals surface area contributed by atoms with Gasteiger partial charge in [-0.15, -0.1) is 0 Å². The van der Waals surface area contributed by atoms with E-state index in [4.69, 9.17) is 26.5 Å². The van der Waals surface area contributed by atoms with Crippen molar-refractivity contribution in [3.05, 3.63) is 63.1 Å². The zero-order valence-electron chi connectivity index (χ0n) is 17.7. The second-order valence-corrected chi connectivity index (χ2v) is 8.15. The fourth-order valence-electron chi connectivity index (χ4n) is 2.40. The van der Waals surface area contributed by atoms with E-state index in [9.17, 15) is 9.59 Å². The van der Waals surface area contributed by atoms with E-state index in [0.717, 1.165) is 18.3 Å². The van der Waals surface area contributed by atoms with E-state index >= 15 is 0 Å². The number of carbonyl (C=O) groups excluding carboxylic acids is 1. The monoisotopic (exact) mass is 491 g/mol. The molecule has 7 nitrogen and oxygen atoms in total. The van der Waals surface area contributed by atoms with Gasteiger partial charge in [-0.05, 0) is 47.5 Å². The van der Waals surface area contributed by atoms with Crippen LogP contribution in [-0.2, 0) is 4.79 Å². The Morgan fingerprint density at radius 2 is 2.06 bits per heavy atom. The molecule has 0 unspecified atom stereocenters. The predicted octanol–water partition coefficient (Wildman–Crippen LogP) is 6.08. The lowest BCUT2D eigenvalue weighted by atomic mass is 10.1. The number of rotatable bonds is 3. The van der Waals surface area contributed by atoms with E-state index in [0.29, 0.717) is 22.0 Å². The number of thioether (sulfide) groups is 2. The van der Waals surface area contributed by atoms with Crippen molar-refractivity contribution in [1.82, 2.24) is 4.90 Å². The molecule has 2 aliphatic heterocycles. The summed E-state index contributed by atoms with van der Waals surface area (Å²) < 4.78 is 5.66. The molecule has 3 heterocycles. The van der Waals surface area contributed by atoms with Crippen LogP contribution in [0.4, 0.5) is 0 Å². The molecule has 1 aromatic carbocycles. The minimum Gasteiger partial charge on any atom is -0.478 e. The Balaban J connectivity index is 0.000000387. The number of likely N-dealkylation sites (N-methyl/N-ethyl adjacent to an activating group) is 1. The van der Waals surface area contributed by atoms with E-state index in [2.05, 4.69) is 4.99 Å². The minimum atomic E-state index is -1.12. The predicted molar refractivity (Wildman–Crippen MR) is 134 cm³/mol. The molecule has 0 bridgehead atoms. The van der Waals surface area contributed by atoms with E-state index in [1.54, 1.807) is 36.0 Å². The van der Waals surface area contributed by atoms with Gasteiger partial charge >= 0.3 is 5.97 Å². The van der Waals surface area contributed by atoms with Gasteiger partial charge in [0.2, 0.25) is 0 Å². The van der Waals surface area contributed by atoms with Crippen LogP contribution in [0.2, 0.25) is 5.02 Å². The molecule has 1 saturated heterocycles. The summed E-state index contributed by atoms with van der Waals surface area (Å²) in [5.74, 6) is -0.483. The molecule has 2 aliphatic rings. The van der Waals surface area contributed by atoms with Gasteiger partial charge in [0.15, 0.2) is 5.17 Å². The number of hydrogen-bond donors (Lipinski definition) is 2. The van der Waals surface area contributed by atoms with Gasteiger partial charge in [0.25, 0.3) is 5.91 Å². The van der Waals surface area contributed by atoms with Crippen LogP contribution in [0.1, 0.15) is 30.0 Å². The highest BCUT2D eigenvalue weighted by atomic mass is 35.5. The molecule has 32 heavy (non-hydrogen) atoms. The highest BCUT2D eigenvalue weighted by molar-refractivity contribution is 8.18. The molecule has 2 N–H and O–H groups in total. The number of nitrogens with zero attached hydrogens (tertiary/aromatic N) is 2. The third-order valence-electron chi connectivity index (χ3n) is 3.93.